The topological polar surface area (TPSA) is 120 Å². The van der Waals surface area contributed by atoms with Gasteiger partial charge in [-0.3, -0.25) is 28.6 Å². The van der Waals surface area contributed by atoms with Crippen LogP contribution in [0.15, 0.2) is 39.0 Å². The normalized spacial score (nSPS) is 18.7. The molecule has 0 saturated carbocycles. The highest BCUT2D eigenvalue weighted by Crippen LogP contribution is 2.45. The maximum Gasteiger partial charge on any atom is 0.323 e. The van der Waals surface area contributed by atoms with Gasteiger partial charge in [0, 0.05) is 11.4 Å². The number of carboxylic acid groups (broad SMARTS) is 2. The number of hydrogen-bond donors (Lipinski definition) is 2. The number of halogens is 1. The number of thioether (sulfide) groups is 2. The molecule has 1 amide bonds. The molecular weight excluding hydrogens is 538 g/mol. The second-order valence-corrected chi connectivity index (χ2v) is 10.9. The van der Waals surface area contributed by atoms with Gasteiger partial charge in [-0.05, 0) is 37.3 Å². The number of anilines is 1. The van der Waals surface area contributed by atoms with Crippen LogP contribution in [-0.4, -0.2) is 54.9 Å². The number of rotatable bonds is 6. The van der Waals surface area contributed by atoms with Gasteiger partial charge in [-0.25, -0.2) is 4.39 Å². The first-order valence-corrected chi connectivity index (χ1v) is 12.8. The van der Waals surface area contributed by atoms with Crippen molar-refractivity contribution in [2.24, 2.45) is 0 Å². The van der Waals surface area contributed by atoms with Gasteiger partial charge in [0.2, 0.25) is 0 Å². The molecule has 9 nitrogen and oxygen atoms in total. The van der Waals surface area contributed by atoms with Crippen molar-refractivity contribution in [3.63, 3.8) is 0 Å². The van der Waals surface area contributed by atoms with Crippen LogP contribution in [0.4, 0.5) is 10.1 Å². The second-order valence-electron chi connectivity index (χ2n) is 7.17. The lowest BCUT2D eigenvalue weighted by Gasteiger charge is -2.17. The highest BCUT2D eigenvalue weighted by atomic mass is 32.2. The van der Waals surface area contributed by atoms with E-state index in [4.69, 9.17) is 17.3 Å². The third kappa shape index (κ3) is 4.91. The fourth-order valence-electron chi connectivity index (χ4n) is 3.45. The van der Waals surface area contributed by atoms with Gasteiger partial charge in [0.1, 0.15) is 32.8 Å². The first-order chi connectivity index (χ1) is 16.6. The Hall–Kier alpha value is -2.94. The molecule has 0 radical (unpaired) electrons. The minimum absolute atomic E-state index is 0.000194. The SMILES string of the molecule is CCN1C(=CC=c2sc(=C3SC(=S)N(CC(=O)O)C3=O)n(CC(=O)O)c2=O)Sc2ccc(F)cc21. The van der Waals surface area contributed by atoms with Gasteiger partial charge >= 0.3 is 11.9 Å². The van der Waals surface area contributed by atoms with Crippen molar-refractivity contribution in [1.82, 2.24) is 9.47 Å². The third-order valence-corrected chi connectivity index (χ3v) is 8.77. The van der Waals surface area contributed by atoms with Crippen LogP contribution in [0.2, 0.25) is 0 Å². The van der Waals surface area contributed by atoms with Crippen LogP contribution in [0.1, 0.15) is 6.92 Å². The monoisotopic (exact) mass is 553 g/mol. The summed E-state index contributed by atoms with van der Waals surface area (Å²) in [7, 11) is 0. The summed E-state index contributed by atoms with van der Waals surface area (Å²) in [5, 5.41) is 19.1. The number of hydrogen-bond acceptors (Lipinski definition) is 9. The Balaban J connectivity index is 1.83. The predicted octanol–water partition coefficient (Wildman–Crippen LogP) is 1.44. The largest absolute Gasteiger partial charge is 0.480 e. The number of carboxylic acids is 2. The summed E-state index contributed by atoms with van der Waals surface area (Å²) < 4.78 is 15.0. The number of thiocarbonyl (C=S) groups is 1. The van der Waals surface area contributed by atoms with Gasteiger partial charge in [-0.15, -0.1) is 11.3 Å². The number of carbonyl (C=O) groups is 3. The lowest BCUT2D eigenvalue weighted by Crippen LogP contribution is -2.36. The Labute approximate surface area is 214 Å². The molecule has 35 heavy (non-hydrogen) atoms. The first-order valence-electron chi connectivity index (χ1n) is 9.98. The van der Waals surface area contributed by atoms with E-state index >= 15 is 0 Å². The number of nitrogens with zero attached hydrogens (tertiary/aromatic N) is 3. The fourth-order valence-corrected chi connectivity index (χ4v) is 7.01. The Bertz CT molecular complexity index is 1500. The molecular formula is C21H16FN3O6S4. The van der Waals surface area contributed by atoms with E-state index < -0.39 is 36.5 Å². The molecule has 2 aliphatic heterocycles. The molecule has 1 aromatic carbocycles. The summed E-state index contributed by atoms with van der Waals surface area (Å²) in [4.78, 5) is 52.0. The number of carbonyl (C=O) groups excluding carboxylic acids is 1. The lowest BCUT2D eigenvalue weighted by molar-refractivity contribution is -0.140. The minimum atomic E-state index is -1.28. The molecule has 182 valence electrons. The molecule has 0 atom stereocenters. The Kier molecular flexibility index (Phi) is 7.17. The van der Waals surface area contributed by atoms with Crippen LogP contribution < -0.4 is 19.7 Å². The van der Waals surface area contributed by atoms with Crippen molar-refractivity contribution in [3.8, 4) is 0 Å². The third-order valence-electron chi connectivity index (χ3n) is 4.92. The number of thiazole rings is 1. The van der Waals surface area contributed by atoms with Crippen molar-refractivity contribution in [2.75, 3.05) is 18.0 Å². The number of benzene rings is 1. The van der Waals surface area contributed by atoms with Crippen LogP contribution in [0.25, 0.3) is 11.0 Å². The van der Waals surface area contributed by atoms with Gasteiger partial charge < -0.3 is 15.1 Å². The van der Waals surface area contributed by atoms with Gasteiger partial charge in [0.15, 0.2) is 0 Å². The lowest BCUT2D eigenvalue weighted by atomic mass is 10.3. The van der Waals surface area contributed by atoms with Gasteiger partial charge in [0.05, 0.1) is 15.2 Å². The summed E-state index contributed by atoms with van der Waals surface area (Å²) in [6.07, 6.45) is 3.21. The zero-order chi connectivity index (χ0) is 25.4. The number of aliphatic carboxylic acids is 2. The van der Waals surface area contributed by atoms with Gasteiger partial charge in [0.25, 0.3) is 11.5 Å². The number of amides is 1. The van der Waals surface area contributed by atoms with E-state index in [2.05, 4.69) is 0 Å². The molecule has 2 N–H and O–H groups in total. The molecule has 1 saturated heterocycles. The average Bonchev–Trinajstić information content (AvgIpc) is 3.38. The van der Waals surface area contributed by atoms with Crippen molar-refractivity contribution < 1.29 is 29.0 Å². The fraction of sp³-hybridized carbons (Fsp3) is 0.190. The molecule has 2 aliphatic rings. The van der Waals surface area contributed by atoms with Crippen LogP contribution in [0.5, 0.6) is 0 Å². The second kappa shape index (κ2) is 9.97. The summed E-state index contributed by atoms with van der Waals surface area (Å²) in [5.41, 5.74) is 0.102. The Morgan fingerprint density at radius 2 is 1.80 bits per heavy atom. The summed E-state index contributed by atoms with van der Waals surface area (Å²) in [6.45, 7) is 1.14. The number of aromatic nitrogens is 1. The summed E-state index contributed by atoms with van der Waals surface area (Å²) in [5.74, 6) is -3.60. The summed E-state index contributed by atoms with van der Waals surface area (Å²) >= 11 is 8.25. The first kappa shape index (κ1) is 25.2. The van der Waals surface area contributed by atoms with Crippen LogP contribution in [0, 0.1) is 5.82 Å². The summed E-state index contributed by atoms with van der Waals surface area (Å²) in [6, 6.07) is 4.47. The minimum Gasteiger partial charge on any atom is -0.480 e. The maximum atomic E-state index is 13.7. The average molecular weight is 554 g/mol. The van der Waals surface area contributed by atoms with Crippen LogP contribution in [0.3, 0.4) is 0 Å². The van der Waals surface area contributed by atoms with Crippen LogP contribution >= 0.6 is 47.1 Å². The molecule has 0 spiro atoms. The molecule has 2 aromatic rings. The zero-order valence-corrected chi connectivity index (χ0v) is 21.2. The number of fused-ring (bicyclic) bond motifs is 1. The molecule has 0 unspecified atom stereocenters. The maximum absolute atomic E-state index is 13.7. The van der Waals surface area contributed by atoms with E-state index in [0.29, 0.717) is 12.2 Å². The van der Waals surface area contributed by atoms with Crippen LogP contribution in [-0.2, 0) is 20.9 Å². The predicted molar refractivity (Wildman–Crippen MR) is 136 cm³/mol. The highest BCUT2D eigenvalue weighted by molar-refractivity contribution is 8.30. The Morgan fingerprint density at radius 1 is 1.09 bits per heavy atom. The molecule has 0 aliphatic carbocycles. The number of allylic oxidation sites excluding steroid dienone is 1. The smallest absolute Gasteiger partial charge is 0.323 e. The molecule has 1 aromatic heterocycles. The molecule has 0 bridgehead atoms. The van der Waals surface area contributed by atoms with E-state index in [0.717, 1.165) is 42.5 Å². The quantitative estimate of drug-likeness (QED) is 0.509. The van der Waals surface area contributed by atoms with Gasteiger partial charge in [-0.1, -0.05) is 35.7 Å². The Morgan fingerprint density at radius 3 is 2.46 bits per heavy atom. The van der Waals surface area contributed by atoms with E-state index in [9.17, 15) is 28.7 Å². The van der Waals surface area contributed by atoms with Crippen molar-refractivity contribution in [3.05, 3.63) is 54.7 Å². The molecule has 3 heterocycles. The van der Waals surface area contributed by atoms with E-state index in [1.807, 2.05) is 11.8 Å². The highest BCUT2D eigenvalue weighted by Gasteiger charge is 2.35. The van der Waals surface area contributed by atoms with Crippen molar-refractivity contribution >= 4 is 85.9 Å². The van der Waals surface area contributed by atoms with E-state index in [-0.39, 0.29) is 24.2 Å². The van der Waals surface area contributed by atoms with Crippen molar-refractivity contribution in [2.45, 2.75) is 18.4 Å². The standard InChI is InChI=1S/C21H16FN3O6S4/c1-2-23-11-7-10(22)3-4-12(11)33-14(23)6-5-13-18(30)24(8-15(26)27)20(34-13)17-19(31)25(9-16(28)29)21(32)35-17/h3-7H,2,8-9H2,1H3,(H,26,27)(H,28,29). The van der Waals surface area contributed by atoms with E-state index in [1.54, 1.807) is 12.1 Å². The zero-order valence-electron chi connectivity index (χ0n) is 17.9. The molecule has 1 fully saturated rings. The molecule has 14 heteroatoms. The van der Waals surface area contributed by atoms with Gasteiger partial charge in [-0.2, -0.15) is 0 Å². The van der Waals surface area contributed by atoms with Crippen molar-refractivity contribution in [1.29, 1.82) is 0 Å². The molecule has 4 rings (SSSR count). The van der Waals surface area contributed by atoms with E-state index in [1.165, 1.54) is 30.0 Å².